The molecule has 4 rings (SSSR count). The standard InChI is InChI=1S/C33H41N3O6S/c1-4-42-30-19-21-31(22-20-30)43(39,40)36(28-13-9-6-10-14-28)24-32(37)35(23-26-15-17-29(41-3)18-16-26)25(2)33(38)34-27-11-7-5-8-12-27/h6,9-10,13-22,25,27H,4-5,7-8,11-12,23-24H2,1-3H3,(H,34,38)/t25-/m1/s1. The lowest BCUT2D eigenvalue weighted by atomic mass is 9.95. The first-order chi connectivity index (χ1) is 20.7. The van der Waals surface area contributed by atoms with E-state index in [1.165, 1.54) is 17.0 Å². The molecule has 1 fully saturated rings. The number of anilines is 1. The topological polar surface area (TPSA) is 105 Å². The first-order valence-electron chi connectivity index (χ1n) is 14.8. The molecule has 1 aliphatic carbocycles. The van der Waals surface area contributed by atoms with Crippen LogP contribution in [0.2, 0.25) is 0 Å². The number of para-hydroxylation sites is 1. The van der Waals surface area contributed by atoms with Crippen molar-refractivity contribution >= 4 is 27.5 Å². The average molecular weight is 608 g/mol. The van der Waals surface area contributed by atoms with Gasteiger partial charge in [-0.3, -0.25) is 13.9 Å². The summed E-state index contributed by atoms with van der Waals surface area (Å²) in [6.07, 6.45) is 5.09. The van der Waals surface area contributed by atoms with Crippen molar-refractivity contribution < 1.29 is 27.5 Å². The fourth-order valence-corrected chi connectivity index (χ4v) is 6.62. The quantitative estimate of drug-likeness (QED) is 0.288. The lowest BCUT2D eigenvalue weighted by molar-refractivity contribution is -0.139. The molecule has 0 aliphatic heterocycles. The van der Waals surface area contributed by atoms with Gasteiger partial charge in [-0.25, -0.2) is 8.42 Å². The molecule has 0 spiro atoms. The molecule has 0 saturated heterocycles. The maximum Gasteiger partial charge on any atom is 0.264 e. The number of carbonyl (C=O) groups excluding carboxylic acids is 2. The van der Waals surface area contributed by atoms with Gasteiger partial charge < -0.3 is 19.7 Å². The van der Waals surface area contributed by atoms with Crippen LogP contribution in [0.3, 0.4) is 0 Å². The van der Waals surface area contributed by atoms with Crippen LogP contribution < -0.4 is 19.1 Å². The Balaban J connectivity index is 1.64. The molecule has 1 N–H and O–H groups in total. The smallest absolute Gasteiger partial charge is 0.264 e. The normalized spacial score (nSPS) is 14.4. The van der Waals surface area contributed by atoms with E-state index in [9.17, 15) is 18.0 Å². The van der Waals surface area contributed by atoms with E-state index in [1.54, 1.807) is 68.6 Å². The highest BCUT2D eigenvalue weighted by molar-refractivity contribution is 7.92. The maximum absolute atomic E-state index is 14.1. The molecule has 2 amide bonds. The number of hydrogen-bond acceptors (Lipinski definition) is 6. The van der Waals surface area contributed by atoms with Gasteiger partial charge >= 0.3 is 0 Å². The zero-order chi connectivity index (χ0) is 30.8. The van der Waals surface area contributed by atoms with Crippen molar-refractivity contribution in [2.24, 2.45) is 0 Å². The van der Waals surface area contributed by atoms with E-state index >= 15 is 0 Å². The average Bonchev–Trinajstić information content (AvgIpc) is 3.03. The van der Waals surface area contributed by atoms with E-state index in [4.69, 9.17) is 9.47 Å². The second-order valence-corrected chi connectivity index (χ2v) is 12.5. The van der Waals surface area contributed by atoms with E-state index in [1.807, 2.05) is 19.1 Å². The summed E-state index contributed by atoms with van der Waals surface area (Å²) in [6.45, 7) is 3.62. The summed E-state index contributed by atoms with van der Waals surface area (Å²) >= 11 is 0. The molecule has 0 bridgehead atoms. The summed E-state index contributed by atoms with van der Waals surface area (Å²) in [4.78, 5) is 29.0. The second kappa shape index (κ2) is 14.9. The molecule has 230 valence electrons. The third kappa shape index (κ3) is 8.28. The summed E-state index contributed by atoms with van der Waals surface area (Å²) in [7, 11) is -2.58. The van der Waals surface area contributed by atoms with Gasteiger partial charge in [-0.05, 0) is 80.8 Å². The Labute approximate surface area is 254 Å². The van der Waals surface area contributed by atoms with Crippen molar-refractivity contribution in [3.05, 3.63) is 84.4 Å². The number of hydrogen-bond donors (Lipinski definition) is 1. The van der Waals surface area contributed by atoms with Crippen LogP contribution in [0.25, 0.3) is 0 Å². The lowest BCUT2D eigenvalue weighted by Gasteiger charge is -2.33. The monoisotopic (exact) mass is 607 g/mol. The number of sulfonamides is 1. The third-order valence-corrected chi connectivity index (χ3v) is 9.46. The summed E-state index contributed by atoms with van der Waals surface area (Å²) in [5.74, 6) is 0.462. The van der Waals surface area contributed by atoms with Crippen molar-refractivity contribution in [3.63, 3.8) is 0 Å². The lowest BCUT2D eigenvalue weighted by Crippen LogP contribution is -2.53. The number of carbonyl (C=O) groups is 2. The van der Waals surface area contributed by atoms with Crippen LogP contribution in [0.15, 0.2) is 83.8 Å². The highest BCUT2D eigenvalue weighted by Crippen LogP contribution is 2.26. The molecule has 10 heteroatoms. The van der Waals surface area contributed by atoms with E-state index in [-0.39, 0.29) is 23.4 Å². The van der Waals surface area contributed by atoms with Crippen LogP contribution in [0.5, 0.6) is 11.5 Å². The third-order valence-electron chi connectivity index (χ3n) is 7.68. The van der Waals surface area contributed by atoms with Crippen molar-refractivity contribution in [1.29, 1.82) is 0 Å². The zero-order valence-corrected chi connectivity index (χ0v) is 25.9. The van der Waals surface area contributed by atoms with Crippen LogP contribution in [0.4, 0.5) is 5.69 Å². The van der Waals surface area contributed by atoms with Crippen LogP contribution in [-0.2, 0) is 26.2 Å². The van der Waals surface area contributed by atoms with E-state index < -0.39 is 28.5 Å². The Morgan fingerprint density at radius 1 is 0.907 bits per heavy atom. The molecule has 1 aliphatic rings. The molecule has 9 nitrogen and oxygen atoms in total. The fourth-order valence-electron chi connectivity index (χ4n) is 5.20. The number of rotatable bonds is 13. The minimum absolute atomic E-state index is 0.0254. The largest absolute Gasteiger partial charge is 0.497 e. The Hall–Kier alpha value is -4.05. The molecule has 3 aromatic rings. The van der Waals surface area contributed by atoms with Gasteiger partial charge in [-0.15, -0.1) is 0 Å². The van der Waals surface area contributed by atoms with Gasteiger partial charge in [0.1, 0.15) is 24.1 Å². The predicted molar refractivity (Wildman–Crippen MR) is 167 cm³/mol. The fraction of sp³-hybridized carbons (Fsp3) is 0.394. The van der Waals surface area contributed by atoms with Crippen LogP contribution in [-0.4, -0.2) is 57.5 Å². The highest BCUT2D eigenvalue weighted by atomic mass is 32.2. The molecule has 0 unspecified atom stereocenters. The molecule has 0 heterocycles. The number of methoxy groups -OCH3 is 1. The molecule has 0 radical (unpaired) electrons. The number of nitrogens with zero attached hydrogens (tertiary/aromatic N) is 2. The van der Waals surface area contributed by atoms with Gasteiger partial charge in [0.05, 0.1) is 24.3 Å². The Bertz CT molecular complexity index is 1440. The van der Waals surface area contributed by atoms with Gasteiger partial charge in [0.15, 0.2) is 0 Å². The highest BCUT2D eigenvalue weighted by Gasteiger charge is 2.33. The van der Waals surface area contributed by atoms with Gasteiger partial charge in [-0.1, -0.05) is 49.6 Å². The Kier molecular flexibility index (Phi) is 11.1. The van der Waals surface area contributed by atoms with Crippen molar-refractivity contribution in [2.75, 3.05) is 24.6 Å². The van der Waals surface area contributed by atoms with E-state index in [0.29, 0.717) is 23.8 Å². The van der Waals surface area contributed by atoms with Gasteiger partial charge in [0.25, 0.3) is 10.0 Å². The number of benzene rings is 3. The Morgan fingerprint density at radius 3 is 2.14 bits per heavy atom. The second-order valence-electron chi connectivity index (χ2n) is 10.6. The van der Waals surface area contributed by atoms with E-state index in [0.717, 1.165) is 42.0 Å². The molecule has 1 atom stereocenters. The summed E-state index contributed by atoms with van der Waals surface area (Å²) in [5.41, 5.74) is 1.13. The number of nitrogens with one attached hydrogen (secondary N) is 1. The first-order valence-corrected chi connectivity index (χ1v) is 16.2. The van der Waals surface area contributed by atoms with E-state index in [2.05, 4.69) is 5.32 Å². The zero-order valence-electron chi connectivity index (χ0n) is 25.1. The van der Waals surface area contributed by atoms with Gasteiger partial charge in [0, 0.05) is 12.6 Å². The Morgan fingerprint density at radius 2 is 1.53 bits per heavy atom. The molecular weight excluding hydrogens is 566 g/mol. The van der Waals surface area contributed by atoms with Crippen molar-refractivity contribution in [1.82, 2.24) is 10.2 Å². The number of ether oxygens (including phenoxy) is 2. The van der Waals surface area contributed by atoms with Crippen molar-refractivity contribution in [2.45, 2.75) is 69.5 Å². The molecular formula is C33H41N3O6S. The van der Waals surface area contributed by atoms with Crippen LogP contribution >= 0.6 is 0 Å². The van der Waals surface area contributed by atoms with Crippen molar-refractivity contribution in [3.8, 4) is 11.5 Å². The maximum atomic E-state index is 14.1. The van der Waals surface area contributed by atoms with Gasteiger partial charge in [0.2, 0.25) is 11.8 Å². The summed E-state index contributed by atoms with van der Waals surface area (Å²) in [5, 5.41) is 3.12. The van der Waals surface area contributed by atoms with Crippen LogP contribution in [0.1, 0.15) is 51.5 Å². The molecule has 0 aromatic heterocycles. The first kappa shape index (κ1) is 31.9. The summed E-state index contributed by atoms with van der Waals surface area (Å²) < 4.78 is 39.8. The SMILES string of the molecule is CCOc1ccc(S(=O)(=O)N(CC(=O)N(Cc2ccc(OC)cc2)[C@H](C)C(=O)NC2CCCCC2)c2ccccc2)cc1. The minimum Gasteiger partial charge on any atom is -0.497 e. The minimum atomic E-state index is -4.15. The van der Waals surface area contributed by atoms with Gasteiger partial charge in [-0.2, -0.15) is 0 Å². The molecule has 1 saturated carbocycles. The van der Waals surface area contributed by atoms with Crippen LogP contribution in [0, 0.1) is 0 Å². The summed E-state index contributed by atoms with van der Waals surface area (Å²) in [6, 6.07) is 21.1. The number of amides is 2. The molecule has 3 aromatic carbocycles. The predicted octanol–water partition coefficient (Wildman–Crippen LogP) is 5.16. The molecule has 43 heavy (non-hydrogen) atoms.